The molecule has 1 atom stereocenters. The van der Waals surface area contributed by atoms with Crippen molar-refractivity contribution in [3.63, 3.8) is 0 Å². The molecule has 2 aromatic carbocycles. The van der Waals surface area contributed by atoms with E-state index in [9.17, 15) is 9.59 Å². The van der Waals surface area contributed by atoms with E-state index in [-0.39, 0.29) is 5.92 Å². The lowest BCUT2D eigenvalue weighted by molar-refractivity contribution is -0.133. The zero-order chi connectivity index (χ0) is 24.0. The highest BCUT2D eigenvalue weighted by molar-refractivity contribution is 6.08. The predicted molar refractivity (Wildman–Crippen MR) is 125 cm³/mol. The number of benzene rings is 2. The highest BCUT2D eigenvalue weighted by Crippen LogP contribution is 2.59. The van der Waals surface area contributed by atoms with Gasteiger partial charge in [-0.05, 0) is 55.3 Å². The summed E-state index contributed by atoms with van der Waals surface area (Å²) in [6.45, 7) is 1.88. The van der Waals surface area contributed by atoms with E-state index in [0.29, 0.717) is 34.9 Å². The number of fused-ring (bicyclic) bond motifs is 1. The smallest absolute Gasteiger partial charge is 0.233 e. The lowest BCUT2D eigenvalue weighted by Crippen LogP contribution is -2.38. The lowest BCUT2D eigenvalue weighted by Gasteiger charge is -2.13. The summed E-state index contributed by atoms with van der Waals surface area (Å²) in [7, 11) is 1.60. The summed E-state index contributed by atoms with van der Waals surface area (Å²) in [6.07, 6.45) is 1.99. The van der Waals surface area contributed by atoms with Crippen molar-refractivity contribution in [1.82, 2.24) is 4.98 Å². The molecule has 34 heavy (non-hydrogen) atoms. The number of amides is 2. The Morgan fingerprint density at radius 2 is 1.76 bits per heavy atom. The Hall–Kier alpha value is -4.33. The first kappa shape index (κ1) is 21.5. The summed E-state index contributed by atoms with van der Waals surface area (Å²) in [5.74, 6) is 1.64. The van der Waals surface area contributed by atoms with Crippen LogP contribution < -0.4 is 20.9 Å². The molecule has 4 N–H and O–H groups in total. The number of carbonyl (C=O) groups excluding carboxylic acids is 2. The van der Waals surface area contributed by atoms with E-state index in [1.807, 2.05) is 43.3 Å². The largest absolute Gasteiger partial charge is 0.496 e. The van der Waals surface area contributed by atoms with Gasteiger partial charge in [-0.3, -0.25) is 14.6 Å². The van der Waals surface area contributed by atoms with Gasteiger partial charge in [0.05, 0.1) is 18.2 Å². The quantitative estimate of drug-likeness (QED) is 0.403. The fraction of sp³-hybridized carbons (Fsp3) is 0.192. The van der Waals surface area contributed by atoms with Gasteiger partial charge in [0.1, 0.15) is 34.2 Å². The molecule has 8 nitrogen and oxygen atoms in total. The minimum absolute atomic E-state index is 0.315. The third kappa shape index (κ3) is 3.44. The summed E-state index contributed by atoms with van der Waals surface area (Å²) in [5.41, 5.74) is 11.9. The Morgan fingerprint density at radius 3 is 2.35 bits per heavy atom. The van der Waals surface area contributed by atoms with Crippen molar-refractivity contribution in [2.45, 2.75) is 19.3 Å². The second-order valence-corrected chi connectivity index (χ2v) is 8.42. The van der Waals surface area contributed by atoms with Crippen molar-refractivity contribution in [2.24, 2.45) is 16.9 Å². The Bertz CT molecular complexity index is 1410. The van der Waals surface area contributed by atoms with Crippen molar-refractivity contribution >= 4 is 22.7 Å². The fourth-order valence-corrected chi connectivity index (χ4v) is 4.40. The maximum Gasteiger partial charge on any atom is 0.233 e. The molecule has 4 aromatic rings. The third-order valence-electron chi connectivity index (χ3n) is 6.38. The maximum absolute atomic E-state index is 11.8. The zero-order valence-electron chi connectivity index (χ0n) is 18.7. The second kappa shape index (κ2) is 7.91. The third-order valence-corrected chi connectivity index (χ3v) is 6.38. The van der Waals surface area contributed by atoms with E-state index in [1.165, 1.54) is 0 Å². The number of hydrogen-bond donors (Lipinski definition) is 2. The van der Waals surface area contributed by atoms with Crippen molar-refractivity contribution in [3.8, 4) is 28.6 Å². The van der Waals surface area contributed by atoms with Gasteiger partial charge in [-0.25, -0.2) is 0 Å². The zero-order valence-corrected chi connectivity index (χ0v) is 18.7. The molecule has 172 valence electrons. The molecule has 0 saturated heterocycles. The molecule has 0 spiro atoms. The highest BCUT2D eigenvalue weighted by atomic mass is 16.5. The number of aromatic nitrogens is 1. The summed E-state index contributed by atoms with van der Waals surface area (Å²) < 4.78 is 17.5. The number of furan rings is 1. The summed E-state index contributed by atoms with van der Waals surface area (Å²) in [5, 5.41) is 0.792. The molecular formula is C26H23N3O5. The van der Waals surface area contributed by atoms with Crippen LogP contribution in [0.25, 0.3) is 22.2 Å². The van der Waals surface area contributed by atoms with Gasteiger partial charge in [0.25, 0.3) is 0 Å². The van der Waals surface area contributed by atoms with E-state index >= 15 is 0 Å². The number of nitrogens with zero attached hydrogens (tertiary/aromatic N) is 1. The van der Waals surface area contributed by atoms with Crippen molar-refractivity contribution < 1.29 is 23.5 Å². The van der Waals surface area contributed by atoms with E-state index < -0.39 is 17.2 Å². The first-order valence-electron chi connectivity index (χ1n) is 10.7. The molecule has 5 rings (SSSR count). The number of carbonyl (C=O) groups is 2. The number of pyridine rings is 1. The van der Waals surface area contributed by atoms with Crippen LogP contribution in [-0.4, -0.2) is 23.9 Å². The van der Waals surface area contributed by atoms with Gasteiger partial charge in [-0.2, -0.15) is 0 Å². The van der Waals surface area contributed by atoms with Crippen LogP contribution in [0.5, 0.6) is 17.2 Å². The van der Waals surface area contributed by atoms with Crippen molar-refractivity contribution in [3.05, 3.63) is 72.1 Å². The van der Waals surface area contributed by atoms with E-state index in [0.717, 1.165) is 22.3 Å². The number of rotatable bonds is 7. The molecule has 2 amide bonds. The number of primary amides is 2. The lowest BCUT2D eigenvalue weighted by atomic mass is 9.97. The monoisotopic (exact) mass is 457 g/mol. The average Bonchev–Trinajstić information content (AvgIpc) is 3.46. The van der Waals surface area contributed by atoms with Gasteiger partial charge >= 0.3 is 0 Å². The normalized spacial score (nSPS) is 16.2. The Balaban J connectivity index is 1.46. The molecule has 1 fully saturated rings. The van der Waals surface area contributed by atoms with E-state index in [1.54, 1.807) is 31.5 Å². The summed E-state index contributed by atoms with van der Waals surface area (Å²) >= 11 is 0. The van der Waals surface area contributed by atoms with Crippen LogP contribution >= 0.6 is 0 Å². The highest BCUT2D eigenvalue weighted by Gasteiger charge is 2.64. The SMILES string of the molecule is COc1cc2nccc(Oc3ccc(C4CC4(C(N)=O)C(N)=O)cc3)c2cc1-c1ccc(C)o1. The first-order valence-corrected chi connectivity index (χ1v) is 10.7. The van der Waals surface area contributed by atoms with Gasteiger partial charge in [0.2, 0.25) is 11.8 Å². The molecule has 2 aromatic heterocycles. The number of hydrogen-bond acceptors (Lipinski definition) is 6. The van der Waals surface area contributed by atoms with Gasteiger partial charge in [0.15, 0.2) is 0 Å². The van der Waals surface area contributed by atoms with Gasteiger partial charge in [-0.1, -0.05) is 12.1 Å². The van der Waals surface area contributed by atoms with Crippen molar-refractivity contribution in [1.29, 1.82) is 0 Å². The minimum atomic E-state index is -1.30. The molecule has 2 heterocycles. The van der Waals surface area contributed by atoms with Gasteiger partial charge in [0, 0.05) is 23.6 Å². The predicted octanol–water partition coefficient (Wildman–Crippen LogP) is 4.05. The molecule has 0 bridgehead atoms. The molecule has 8 heteroatoms. The standard InChI is InChI=1S/C26H23N3O5/c1-14-3-8-21(33-14)18-11-17-20(12-23(18)32-2)29-10-9-22(17)34-16-6-4-15(5-7-16)19-13-26(19,24(27)30)25(28)31/h3-12,19H,13H2,1-2H3,(H2,27,30)(H2,28,31). The van der Waals surface area contributed by atoms with Crippen LogP contribution in [0.1, 0.15) is 23.7 Å². The average molecular weight is 457 g/mol. The van der Waals surface area contributed by atoms with Gasteiger partial charge < -0.3 is 25.4 Å². The van der Waals surface area contributed by atoms with Crippen LogP contribution in [0.2, 0.25) is 0 Å². The Labute approximate surface area is 195 Å². The number of ether oxygens (including phenoxy) is 2. The first-order chi connectivity index (χ1) is 16.3. The van der Waals surface area contributed by atoms with Crippen LogP contribution in [0.15, 0.2) is 65.2 Å². The summed E-state index contributed by atoms with van der Waals surface area (Å²) in [4.78, 5) is 28.0. The molecule has 1 aliphatic carbocycles. The molecular weight excluding hydrogens is 434 g/mol. The Morgan fingerprint density at radius 1 is 1.03 bits per heavy atom. The van der Waals surface area contributed by atoms with Crippen LogP contribution in [0.3, 0.4) is 0 Å². The number of aryl methyl sites for hydroxylation is 1. The van der Waals surface area contributed by atoms with E-state index in [2.05, 4.69) is 4.98 Å². The molecule has 1 unspecified atom stereocenters. The van der Waals surface area contributed by atoms with Gasteiger partial charge in [-0.15, -0.1) is 0 Å². The van der Waals surface area contributed by atoms with Crippen LogP contribution in [0.4, 0.5) is 0 Å². The maximum atomic E-state index is 11.8. The molecule has 1 saturated carbocycles. The van der Waals surface area contributed by atoms with Crippen LogP contribution in [-0.2, 0) is 9.59 Å². The second-order valence-electron chi connectivity index (χ2n) is 8.42. The Kier molecular flexibility index (Phi) is 5.01. The molecule has 1 aliphatic rings. The number of nitrogens with two attached hydrogens (primary N) is 2. The molecule has 0 radical (unpaired) electrons. The number of methoxy groups -OCH3 is 1. The fourth-order valence-electron chi connectivity index (χ4n) is 4.40. The topological polar surface area (TPSA) is 131 Å². The molecule has 0 aliphatic heterocycles. The van der Waals surface area contributed by atoms with E-state index in [4.69, 9.17) is 25.4 Å². The minimum Gasteiger partial charge on any atom is -0.496 e. The summed E-state index contributed by atoms with van der Waals surface area (Å²) in [6, 6.07) is 16.6. The van der Waals surface area contributed by atoms with Crippen molar-refractivity contribution in [2.75, 3.05) is 7.11 Å². The van der Waals surface area contributed by atoms with Crippen LogP contribution in [0, 0.1) is 12.3 Å².